The van der Waals surface area contributed by atoms with Gasteiger partial charge >= 0.3 is 0 Å². The van der Waals surface area contributed by atoms with Gasteiger partial charge in [-0.1, -0.05) is 41.9 Å². The third-order valence-corrected chi connectivity index (χ3v) is 6.35. The zero-order chi connectivity index (χ0) is 22.2. The third kappa shape index (κ3) is 4.54. The van der Waals surface area contributed by atoms with Crippen molar-refractivity contribution in [3.8, 4) is 0 Å². The summed E-state index contributed by atoms with van der Waals surface area (Å²) in [5.41, 5.74) is 1.82. The molecule has 4 rings (SSSR count). The summed E-state index contributed by atoms with van der Waals surface area (Å²) in [6, 6.07) is 19.2. The lowest BCUT2D eigenvalue weighted by Crippen LogP contribution is -2.18. The highest BCUT2D eigenvalue weighted by atomic mass is 35.5. The Morgan fingerprint density at radius 3 is 2.19 bits per heavy atom. The SMILES string of the molecule is O=C(Nc1ccc(F)cc1)c1cc(NC(=O)C2C(c3ccccc3)C2(Cl)Cl)ccc1Cl. The van der Waals surface area contributed by atoms with E-state index in [0.29, 0.717) is 11.4 Å². The molecule has 4 nitrogen and oxygen atoms in total. The van der Waals surface area contributed by atoms with E-state index in [1.54, 1.807) is 6.07 Å². The number of benzene rings is 3. The van der Waals surface area contributed by atoms with Crippen LogP contribution < -0.4 is 10.6 Å². The highest BCUT2D eigenvalue weighted by molar-refractivity contribution is 6.53. The third-order valence-electron chi connectivity index (χ3n) is 5.08. The first-order valence-corrected chi connectivity index (χ1v) is 10.5. The summed E-state index contributed by atoms with van der Waals surface area (Å²) in [6.45, 7) is 0. The van der Waals surface area contributed by atoms with Crippen LogP contribution in [-0.2, 0) is 4.79 Å². The lowest BCUT2D eigenvalue weighted by atomic mass is 10.1. The normalized spacial score (nSPS) is 18.8. The van der Waals surface area contributed by atoms with Crippen LogP contribution in [0.2, 0.25) is 5.02 Å². The van der Waals surface area contributed by atoms with E-state index in [9.17, 15) is 14.0 Å². The molecule has 2 N–H and O–H groups in total. The van der Waals surface area contributed by atoms with E-state index in [2.05, 4.69) is 10.6 Å². The second-order valence-electron chi connectivity index (χ2n) is 7.19. The molecular formula is C23H16Cl3FN2O2. The average Bonchev–Trinajstić information content (AvgIpc) is 3.33. The molecule has 3 aromatic rings. The standard InChI is InChI=1S/C23H16Cl3FN2O2/c24-18-11-10-16(12-17(18)21(30)28-15-8-6-14(27)7-9-15)29-22(31)20-19(23(20,25)26)13-4-2-1-3-5-13/h1-12,19-20H,(H,28,30)(H,29,31). The molecule has 0 saturated heterocycles. The average molecular weight is 478 g/mol. The molecule has 3 aromatic carbocycles. The Bertz CT molecular complexity index is 1140. The van der Waals surface area contributed by atoms with Crippen molar-refractivity contribution in [3.05, 3.63) is 94.8 Å². The van der Waals surface area contributed by atoms with Crippen molar-refractivity contribution in [1.29, 1.82) is 0 Å². The second-order valence-corrected chi connectivity index (χ2v) is 9.04. The quantitative estimate of drug-likeness (QED) is 0.426. The van der Waals surface area contributed by atoms with Crippen LogP contribution in [0.5, 0.6) is 0 Å². The molecule has 158 valence electrons. The molecule has 0 heterocycles. The maximum Gasteiger partial charge on any atom is 0.257 e. The smallest absolute Gasteiger partial charge is 0.257 e. The van der Waals surface area contributed by atoms with Gasteiger partial charge in [0, 0.05) is 17.3 Å². The number of hydrogen-bond acceptors (Lipinski definition) is 2. The van der Waals surface area contributed by atoms with Crippen molar-refractivity contribution < 1.29 is 14.0 Å². The van der Waals surface area contributed by atoms with E-state index in [1.807, 2.05) is 30.3 Å². The Morgan fingerprint density at radius 2 is 1.52 bits per heavy atom. The molecule has 0 spiro atoms. The van der Waals surface area contributed by atoms with E-state index in [1.165, 1.54) is 36.4 Å². The minimum atomic E-state index is -1.21. The van der Waals surface area contributed by atoms with E-state index < -0.39 is 22.0 Å². The van der Waals surface area contributed by atoms with Gasteiger partial charge in [-0.05, 0) is 48.0 Å². The van der Waals surface area contributed by atoms with Crippen LogP contribution in [-0.4, -0.2) is 16.1 Å². The summed E-state index contributed by atoms with van der Waals surface area (Å²) in [5.74, 6) is -2.23. The molecule has 1 saturated carbocycles. The monoisotopic (exact) mass is 476 g/mol. The minimum Gasteiger partial charge on any atom is -0.326 e. The Kier molecular flexibility index (Phi) is 5.93. The molecule has 0 aromatic heterocycles. The number of alkyl halides is 2. The molecule has 31 heavy (non-hydrogen) atoms. The predicted molar refractivity (Wildman–Crippen MR) is 122 cm³/mol. The number of nitrogens with one attached hydrogen (secondary N) is 2. The first kappa shape index (κ1) is 21.6. The van der Waals surface area contributed by atoms with Crippen molar-refractivity contribution in [2.75, 3.05) is 10.6 Å². The summed E-state index contributed by atoms with van der Waals surface area (Å²) < 4.78 is 11.8. The Hall–Kier alpha value is -2.60. The number of carbonyl (C=O) groups excluding carboxylic acids is 2. The largest absolute Gasteiger partial charge is 0.326 e. The van der Waals surface area contributed by atoms with Crippen LogP contribution in [0.4, 0.5) is 15.8 Å². The van der Waals surface area contributed by atoms with Gasteiger partial charge in [0.15, 0.2) is 0 Å². The lowest BCUT2D eigenvalue weighted by molar-refractivity contribution is -0.117. The van der Waals surface area contributed by atoms with E-state index >= 15 is 0 Å². The van der Waals surface area contributed by atoms with E-state index in [0.717, 1.165) is 5.56 Å². The number of amides is 2. The minimum absolute atomic E-state index is 0.155. The fraction of sp³-hybridized carbons (Fsp3) is 0.130. The molecule has 2 atom stereocenters. The number of anilines is 2. The molecule has 1 aliphatic carbocycles. The second kappa shape index (κ2) is 8.50. The van der Waals surface area contributed by atoms with Crippen molar-refractivity contribution in [2.45, 2.75) is 10.3 Å². The van der Waals surface area contributed by atoms with Crippen LogP contribution in [0.15, 0.2) is 72.8 Å². The number of halogens is 4. The first-order chi connectivity index (χ1) is 14.8. The van der Waals surface area contributed by atoms with Gasteiger partial charge in [0.05, 0.1) is 16.5 Å². The molecular weight excluding hydrogens is 462 g/mol. The Morgan fingerprint density at radius 1 is 0.871 bits per heavy atom. The fourth-order valence-electron chi connectivity index (χ4n) is 3.46. The Balaban J connectivity index is 1.49. The summed E-state index contributed by atoms with van der Waals surface area (Å²) >= 11 is 18.9. The van der Waals surface area contributed by atoms with Gasteiger partial charge in [0.1, 0.15) is 10.2 Å². The van der Waals surface area contributed by atoms with Crippen LogP contribution >= 0.6 is 34.8 Å². The zero-order valence-electron chi connectivity index (χ0n) is 15.9. The molecule has 0 radical (unpaired) electrons. The van der Waals surface area contributed by atoms with Crippen molar-refractivity contribution in [1.82, 2.24) is 0 Å². The van der Waals surface area contributed by atoms with Crippen LogP contribution in [0.3, 0.4) is 0 Å². The lowest BCUT2D eigenvalue weighted by Gasteiger charge is -2.10. The van der Waals surface area contributed by atoms with Gasteiger partial charge in [-0.15, -0.1) is 23.2 Å². The van der Waals surface area contributed by atoms with Crippen molar-refractivity contribution in [3.63, 3.8) is 0 Å². The van der Waals surface area contributed by atoms with Gasteiger partial charge in [-0.2, -0.15) is 0 Å². The number of rotatable bonds is 5. The first-order valence-electron chi connectivity index (χ1n) is 9.37. The van der Waals surface area contributed by atoms with Gasteiger partial charge in [0.25, 0.3) is 5.91 Å². The Labute approximate surface area is 193 Å². The van der Waals surface area contributed by atoms with Crippen molar-refractivity contribution >= 4 is 58.0 Å². The topological polar surface area (TPSA) is 58.2 Å². The van der Waals surface area contributed by atoms with Gasteiger partial charge in [0.2, 0.25) is 5.91 Å². The van der Waals surface area contributed by atoms with E-state index in [4.69, 9.17) is 34.8 Å². The number of hydrogen-bond donors (Lipinski definition) is 2. The van der Waals surface area contributed by atoms with Gasteiger partial charge in [-0.3, -0.25) is 9.59 Å². The van der Waals surface area contributed by atoms with Crippen LogP contribution in [0.1, 0.15) is 21.8 Å². The molecule has 1 aliphatic rings. The maximum atomic E-state index is 13.1. The summed E-state index contributed by atoms with van der Waals surface area (Å²) in [4.78, 5) is 25.4. The van der Waals surface area contributed by atoms with Crippen molar-refractivity contribution in [2.24, 2.45) is 5.92 Å². The maximum absolute atomic E-state index is 13.1. The molecule has 0 bridgehead atoms. The predicted octanol–water partition coefficient (Wildman–Crippen LogP) is 6.26. The van der Waals surface area contributed by atoms with E-state index in [-0.39, 0.29) is 22.4 Å². The molecule has 1 fully saturated rings. The molecule has 2 unspecified atom stereocenters. The molecule has 2 amide bonds. The molecule has 0 aliphatic heterocycles. The van der Waals surface area contributed by atoms with Crippen LogP contribution in [0.25, 0.3) is 0 Å². The number of carbonyl (C=O) groups is 2. The zero-order valence-corrected chi connectivity index (χ0v) is 18.2. The summed E-state index contributed by atoms with van der Waals surface area (Å²) in [6.07, 6.45) is 0. The highest BCUT2D eigenvalue weighted by Crippen LogP contribution is 2.65. The van der Waals surface area contributed by atoms with Gasteiger partial charge < -0.3 is 10.6 Å². The fourth-order valence-corrected chi connectivity index (χ4v) is 4.49. The summed E-state index contributed by atoms with van der Waals surface area (Å²) in [5, 5.41) is 5.60. The van der Waals surface area contributed by atoms with Crippen LogP contribution in [0, 0.1) is 11.7 Å². The highest BCUT2D eigenvalue weighted by Gasteiger charge is 2.67. The van der Waals surface area contributed by atoms with Gasteiger partial charge in [-0.25, -0.2) is 4.39 Å². The summed E-state index contributed by atoms with van der Waals surface area (Å²) in [7, 11) is 0. The molecule has 8 heteroatoms.